The molecule has 3 aromatic rings. The number of benzene rings is 2. The Morgan fingerprint density at radius 1 is 1.24 bits per heavy atom. The fourth-order valence-corrected chi connectivity index (χ4v) is 2.99. The molecule has 1 unspecified atom stereocenters. The smallest absolute Gasteiger partial charge is 0.251 e. The van der Waals surface area contributed by atoms with Crippen LogP contribution < -0.4 is 10.1 Å². The van der Waals surface area contributed by atoms with Gasteiger partial charge in [0.2, 0.25) is 0 Å². The molecule has 0 fully saturated rings. The van der Waals surface area contributed by atoms with Gasteiger partial charge in [-0.2, -0.15) is 0 Å². The maximum absolute atomic E-state index is 13.5. The van der Waals surface area contributed by atoms with E-state index in [2.05, 4.69) is 10.3 Å². The summed E-state index contributed by atoms with van der Waals surface area (Å²) in [5, 5.41) is 2.92. The van der Waals surface area contributed by atoms with Gasteiger partial charge in [0.1, 0.15) is 24.0 Å². The van der Waals surface area contributed by atoms with Crippen LogP contribution in [0.1, 0.15) is 27.8 Å². The van der Waals surface area contributed by atoms with Crippen molar-refractivity contribution in [3.8, 4) is 5.75 Å². The van der Waals surface area contributed by atoms with Crippen molar-refractivity contribution in [1.82, 2.24) is 19.8 Å². The number of carbonyl (C=O) groups is 1. The lowest BCUT2D eigenvalue weighted by molar-refractivity contribution is 0.0942. The first-order chi connectivity index (χ1) is 13.9. The molecule has 2 aromatic carbocycles. The lowest BCUT2D eigenvalue weighted by Gasteiger charge is -2.25. The highest BCUT2D eigenvalue weighted by Crippen LogP contribution is 2.19. The monoisotopic (exact) mass is 396 g/mol. The number of halogens is 1. The van der Waals surface area contributed by atoms with Gasteiger partial charge in [-0.05, 0) is 56.1 Å². The van der Waals surface area contributed by atoms with Crippen molar-refractivity contribution >= 4 is 5.91 Å². The predicted octanol–water partition coefficient (Wildman–Crippen LogP) is 3.17. The second kappa shape index (κ2) is 9.34. The van der Waals surface area contributed by atoms with Gasteiger partial charge in [-0.1, -0.05) is 12.1 Å². The first-order valence-corrected chi connectivity index (χ1v) is 9.33. The normalized spacial score (nSPS) is 12.0. The number of carbonyl (C=O) groups excluding carboxylic acids is 1. The number of ether oxygens (including phenoxy) is 1. The first kappa shape index (κ1) is 20.5. The van der Waals surface area contributed by atoms with Gasteiger partial charge in [-0.3, -0.25) is 4.79 Å². The first-order valence-electron chi connectivity index (χ1n) is 9.33. The SMILES string of the molecule is CN(C)C(CNC(=O)c1ccc(OCc2nccn2C)cc1)c1cccc(F)c1. The zero-order valence-corrected chi connectivity index (χ0v) is 16.8. The van der Waals surface area contributed by atoms with Gasteiger partial charge in [-0.15, -0.1) is 0 Å². The van der Waals surface area contributed by atoms with Gasteiger partial charge in [0.15, 0.2) is 0 Å². The number of imidazole rings is 1. The summed E-state index contributed by atoms with van der Waals surface area (Å²) in [6.07, 6.45) is 3.58. The number of aryl methyl sites for hydroxylation is 1. The largest absolute Gasteiger partial charge is 0.486 e. The standard InChI is InChI=1S/C22H25FN4O2/c1-26(2)20(17-5-4-6-18(23)13-17)14-25-22(28)16-7-9-19(10-8-16)29-15-21-24-11-12-27(21)3/h4-13,20H,14-15H2,1-3H3,(H,25,28). The highest BCUT2D eigenvalue weighted by atomic mass is 19.1. The highest BCUT2D eigenvalue weighted by Gasteiger charge is 2.16. The Bertz CT molecular complexity index is 953. The number of nitrogens with one attached hydrogen (secondary N) is 1. The molecule has 29 heavy (non-hydrogen) atoms. The van der Waals surface area contributed by atoms with Crippen molar-refractivity contribution in [3.05, 3.63) is 83.7 Å². The van der Waals surface area contributed by atoms with Gasteiger partial charge in [0.05, 0.1) is 6.04 Å². The van der Waals surface area contributed by atoms with E-state index in [4.69, 9.17) is 4.74 Å². The lowest BCUT2D eigenvalue weighted by atomic mass is 10.1. The number of amides is 1. The van der Waals surface area contributed by atoms with Crippen LogP contribution in [0, 0.1) is 5.82 Å². The summed E-state index contributed by atoms with van der Waals surface area (Å²) in [4.78, 5) is 18.7. The Hall–Kier alpha value is -3.19. The number of aromatic nitrogens is 2. The summed E-state index contributed by atoms with van der Waals surface area (Å²) in [6, 6.07) is 13.3. The van der Waals surface area contributed by atoms with E-state index in [1.807, 2.05) is 42.9 Å². The molecular weight excluding hydrogens is 371 g/mol. The van der Waals surface area contributed by atoms with Crippen LogP contribution in [0.5, 0.6) is 5.75 Å². The third-order valence-electron chi connectivity index (χ3n) is 4.72. The molecule has 0 radical (unpaired) electrons. The third-order valence-corrected chi connectivity index (χ3v) is 4.72. The van der Waals surface area contributed by atoms with Crippen LogP contribution in [0.4, 0.5) is 4.39 Å². The van der Waals surface area contributed by atoms with Crippen LogP contribution in [0.15, 0.2) is 60.9 Å². The summed E-state index contributed by atoms with van der Waals surface area (Å²) in [5.41, 5.74) is 1.35. The average molecular weight is 396 g/mol. The van der Waals surface area contributed by atoms with Crippen LogP contribution in [-0.4, -0.2) is 41.0 Å². The number of hydrogen-bond acceptors (Lipinski definition) is 4. The molecule has 0 saturated heterocycles. The van der Waals surface area contributed by atoms with E-state index in [9.17, 15) is 9.18 Å². The molecule has 0 spiro atoms. The topological polar surface area (TPSA) is 59.4 Å². The molecule has 0 bridgehead atoms. The molecule has 6 nitrogen and oxygen atoms in total. The number of nitrogens with zero attached hydrogens (tertiary/aromatic N) is 3. The van der Waals surface area contributed by atoms with E-state index >= 15 is 0 Å². The molecule has 1 N–H and O–H groups in total. The maximum atomic E-state index is 13.5. The quantitative estimate of drug-likeness (QED) is 0.635. The van der Waals surface area contributed by atoms with E-state index in [0.29, 0.717) is 24.5 Å². The molecule has 152 valence electrons. The molecule has 1 atom stereocenters. The van der Waals surface area contributed by atoms with Crippen LogP contribution in [-0.2, 0) is 13.7 Å². The summed E-state index contributed by atoms with van der Waals surface area (Å²) >= 11 is 0. The molecule has 1 aromatic heterocycles. The van der Waals surface area contributed by atoms with Crippen LogP contribution in [0.25, 0.3) is 0 Å². The number of likely N-dealkylation sites (N-methyl/N-ethyl adjacent to an activating group) is 1. The van der Waals surface area contributed by atoms with Crippen molar-refractivity contribution in [1.29, 1.82) is 0 Å². The van der Waals surface area contributed by atoms with Crippen LogP contribution in [0.3, 0.4) is 0 Å². The minimum Gasteiger partial charge on any atom is -0.486 e. The molecular formula is C22H25FN4O2. The molecule has 1 heterocycles. The molecule has 0 saturated carbocycles. The van der Waals surface area contributed by atoms with E-state index in [1.165, 1.54) is 12.1 Å². The second-order valence-electron chi connectivity index (χ2n) is 7.01. The van der Waals surface area contributed by atoms with Crippen LogP contribution in [0.2, 0.25) is 0 Å². The number of rotatable bonds is 8. The summed E-state index contributed by atoms with van der Waals surface area (Å²) in [7, 11) is 5.70. The lowest BCUT2D eigenvalue weighted by Crippen LogP contribution is -2.34. The molecule has 0 aliphatic heterocycles. The van der Waals surface area contributed by atoms with E-state index < -0.39 is 0 Å². The molecule has 7 heteroatoms. The number of hydrogen-bond donors (Lipinski definition) is 1. The Balaban J connectivity index is 1.57. The van der Waals surface area contributed by atoms with Crippen molar-refractivity contribution < 1.29 is 13.9 Å². The Kier molecular flexibility index (Phi) is 6.61. The average Bonchev–Trinajstić information content (AvgIpc) is 3.11. The second-order valence-corrected chi connectivity index (χ2v) is 7.01. The van der Waals surface area contributed by atoms with Crippen molar-refractivity contribution in [2.24, 2.45) is 7.05 Å². The zero-order chi connectivity index (χ0) is 20.8. The Morgan fingerprint density at radius 3 is 2.62 bits per heavy atom. The van der Waals surface area contributed by atoms with Gasteiger partial charge < -0.3 is 19.5 Å². The summed E-state index contributed by atoms with van der Waals surface area (Å²) in [6.45, 7) is 0.722. The molecule has 0 aliphatic rings. The predicted molar refractivity (Wildman–Crippen MR) is 109 cm³/mol. The minimum absolute atomic E-state index is 0.130. The fourth-order valence-electron chi connectivity index (χ4n) is 2.99. The molecule has 1 amide bonds. The Labute approximate surface area is 169 Å². The van der Waals surface area contributed by atoms with E-state index in [0.717, 1.165) is 11.4 Å². The molecule has 3 rings (SSSR count). The van der Waals surface area contributed by atoms with Crippen LogP contribution >= 0.6 is 0 Å². The zero-order valence-electron chi connectivity index (χ0n) is 16.8. The van der Waals surface area contributed by atoms with Crippen molar-refractivity contribution in [2.75, 3.05) is 20.6 Å². The van der Waals surface area contributed by atoms with E-state index in [1.54, 1.807) is 36.5 Å². The van der Waals surface area contributed by atoms with Gasteiger partial charge in [0, 0.05) is 31.5 Å². The highest BCUT2D eigenvalue weighted by molar-refractivity contribution is 5.94. The summed E-state index contributed by atoms with van der Waals surface area (Å²) < 4.78 is 21.1. The summed E-state index contributed by atoms with van der Waals surface area (Å²) in [5.74, 6) is 1.00. The minimum atomic E-state index is -0.290. The fraction of sp³-hybridized carbons (Fsp3) is 0.273. The third kappa shape index (κ3) is 5.42. The van der Waals surface area contributed by atoms with Crippen molar-refractivity contribution in [2.45, 2.75) is 12.6 Å². The van der Waals surface area contributed by atoms with E-state index in [-0.39, 0.29) is 17.8 Å². The maximum Gasteiger partial charge on any atom is 0.251 e. The van der Waals surface area contributed by atoms with Crippen molar-refractivity contribution in [3.63, 3.8) is 0 Å². The van der Waals surface area contributed by atoms with Gasteiger partial charge >= 0.3 is 0 Å². The Morgan fingerprint density at radius 2 is 2.00 bits per heavy atom. The van der Waals surface area contributed by atoms with Gasteiger partial charge in [0.25, 0.3) is 5.91 Å². The van der Waals surface area contributed by atoms with Gasteiger partial charge in [-0.25, -0.2) is 9.37 Å². The molecule has 0 aliphatic carbocycles.